The Morgan fingerprint density at radius 2 is 1.76 bits per heavy atom. The number of nitro benzene ring substituents is 1. The summed E-state index contributed by atoms with van der Waals surface area (Å²) in [5.74, 6) is -1.10. The van der Waals surface area contributed by atoms with Crippen LogP contribution in [-0.2, 0) is 4.79 Å². The van der Waals surface area contributed by atoms with E-state index in [4.69, 9.17) is 0 Å². The summed E-state index contributed by atoms with van der Waals surface area (Å²) in [7, 11) is 0. The third-order valence-corrected chi connectivity index (χ3v) is 4.81. The highest BCUT2D eigenvalue weighted by Crippen LogP contribution is 2.25. The van der Waals surface area contributed by atoms with Crippen LogP contribution in [0.1, 0.15) is 17.3 Å². The Kier molecular flexibility index (Phi) is 6.18. The quantitative estimate of drug-likeness (QED) is 0.455. The first-order valence-electron chi connectivity index (χ1n) is 9.15. The number of hydrogen-bond donors (Lipinski definition) is 1. The summed E-state index contributed by atoms with van der Waals surface area (Å²) in [6.07, 6.45) is 0. The predicted octanol–water partition coefficient (Wildman–Crippen LogP) is 2.70. The lowest BCUT2D eigenvalue weighted by molar-refractivity contribution is -0.384. The molecule has 0 aromatic heterocycles. The van der Waals surface area contributed by atoms with Gasteiger partial charge in [0.25, 0.3) is 5.69 Å². The lowest BCUT2D eigenvalue weighted by Crippen LogP contribution is -2.48. The van der Waals surface area contributed by atoms with Crippen LogP contribution in [0.15, 0.2) is 42.5 Å². The molecule has 0 unspecified atom stereocenters. The van der Waals surface area contributed by atoms with E-state index in [0.29, 0.717) is 31.7 Å². The van der Waals surface area contributed by atoms with Gasteiger partial charge in [0.2, 0.25) is 5.91 Å². The van der Waals surface area contributed by atoms with Crippen molar-refractivity contribution in [2.45, 2.75) is 6.92 Å². The molecule has 152 valence electrons. The summed E-state index contributed by atoms with van der Waals surface area (Å²) in [6, 6.07) is 10.5. The largest absolute Gasteiger partial charge is 0.369 e. The average molecular weight is 400 g/mol. The number of anilines is 2. The highest BCUT2D eigenvalue weighted by atomic mass is 19.1. The third kappa shape index (κ3) is 5.14. The van der Waals surface area contributed by atoms with Crippen LogP contribution in [0.3, 0.4) is 0 Å². The van der Waals surface area contributed by atoms with Crippen LogP contribution in [-0.4, -0.2) is 54.2 Å². The van der Waals surface area contributed by atoms with E-state index in [1.807, 2.05) is 17.0 Å². The standard InChI is InChI=1S/C20H21FN4O4/c1-14(26)15-2-5-17(6-3-15)24-10-8-23(9-11-24)13-20(27)22-18-7-4-16(21)12-19(18)25(28)29/h2-7,12H,8-11,13H2,1H3,(H,22,27). The molecule has 29 heavy (non-hydrogen) atoms. The molecule has 2 aromatic rings. The molecule has 0 radical (unpaired) electrons. The Bertz CT molecular complexity index is 925. The maximum absolute atomic E-state index is 13.2. The van der Waals surface area contributed by atoms with E-state index in [2.05, 4.69) is 10.2 Å². The molecule has 1 N–H and O–H groups in total. The van der Waals surface area contributed by atoms with Gasteiger partial charge in [-0.2, -0.15) is 0 Å². The lowest BCUT2D eigenvalue weighted by atomic mass is 10.1. The molecule has 1 saturated heterocycles. The molecule has 1 amide bonds. The van der Waals surface area contributed by atoms with Gasteiger partial charge in [-0.3, -0.25) is 24.6 Å². The van der Waals surface area contributed by atoms with Crippen molar-refractivity contribution in [3.63, 3.8) is 0 Å². The second-order valence-electron chi connectivity index (χ2n) is 6.83. The number of amides is 1. The second-order valence-corrected chi connectivity index (χ2v) is 6.83. The van der Waals surface area contributed by atoms with Gasteiger partial charge >= 0.3 is 0 Å². The summed E-state index contributed by atoms with van der Waals surface area (Å²) >= 11 is 0. The minimum Gasteiger partial charge on any atom is -0.369 e. The number of rotatable bonds is 6. The Balaban J connectivity index is 1.54. The monoisotopic (exact) mass is 400 g/mol. The molecule has 0 spiro atoms. The zero-order valence-corrected chi connectivity index (χ0v) is 15.9. The topological polar surface area (TPSA) is 95.8 Å². The molecule has 0 bridgehead atoms. The minimum atomic E-state index is -0.734. The normalized spacial score (nSPS) is 14.5. The van der Waals surface area contributed by atoms with Crippen molar-refractivity contribution >= 4 is 28.8 Å². The van der Waals surface area contributed by atoms with Gasteiger partial charge in [-0.25, -0.2) is 4.39 Å². The zero-order chi connectivity index (χ0) is 21.0. The smallest absolute Gasteiger partial charge is 0.295 e. The van der Waals surface area contributed by atoms with Gasteiger partial charge in [-0.1, -0.05) is 0 Å². The second kappa shape index (κ2) is 8.78. The summed E-state index contributed by atoms with van der Waals surface area (Å²) in [5.41, 5.74) is 1.18. The number of piperazine rings is 1. The SMILES string of the molecule is CC(=O)c1ccc(N2CCN(CC(=O)Nc3ccc(F)cc3[N+](=O)[O-])CC2)cc1. The van der Waals surface area contributed by atoms with Crippen molar-refractivity contribution in [1.29, 1.82) is 0 Å². The fourth-order valence-electron chi connectivity index (χ4n) is 3.23. The Hall–Kier alpha value is -3.33. The Labute approximate surface area is 167 Å². The van der Waals surface area contributed by atoms with Crippen LogP contribution >= 0.6 is 0 Å². The van der Waals surface area contributed by atoms with E-state index < -0.39 is 16.4 Å². The average Bonchev–Trinajstić information content (AvgIpc) is 2.70. The van der Waals surface area contributed by atoms with E-state index in [-0.39, 0.29) is 23.9 Å². The Morgan fingerprint density at radius 3 is 2.34 bits per heavy atom. The molecule has 8 nitrogen and oxygen atoms in total. The maximum atomic E-state index is 13.2. The summed E-state index contributed by atoms with van der Waals surface area (Å²) in [6.45, 7) is 4.33. The molecule has 1 heterocycles. The van der Waals surface area contributed by atoms with E-state index in [9.17, 15) is 24.1 Å². The van der Waals surface area contributed by atoms with Crippen LogP contribution in [0.5, 0.6) is 0 Å². The minimum absolute atomic E-state index is 0.0220. The Morgan fingerprint density at radius 1 is 1.10 bits per heavy atom. The number of carbonyl (C=O) groups excluding carboxylic acids is 2. The summed E-state index contributed by atoms with van der Waals surface area (Å²) in [5, 5.41) is 13.5. The van der Waals surface area contributed by atoms with Crippen molar-refractivity contribution in [2.24, 2.45) is 0 Å². The number of carbonyl (C=O) groups is 2. The predicted molar refractivity (Wildman–Crippen MR) is 107 cm³/mol. The highest BCUT2D eigenvalue weighted by Gasteiger charge is 2.21. The summed E-state index contributed by atoms with van der Waals surface area (Å²) < 4.78 is 13.2. The first-order valence-corrected chi connectivity index (χ1v) is 9.15. The number of ketones is 1. The summed E-state index contributed by atoms with van der Waals surface area (Å²) in [4.78, 5) is 38.1. The number of Topliss-reactive ketones (excluding diaryl/α,β-unsaturated/α-hetero) is 1. The lowest BCUT2D eigenvalue weighted by Gasteiger charge is -2.35. The highest BCUT2D eigenvalue weighted by molar-refractivity contribution is 5.95. The van der Waals surface area contributed by atoms with Gasteiger partial charge in [-0.15, -0.1) is 0 Å². The van der Waals surface area contributed by atoms with Gasteiger partial charge < -0.3 is 10.2 Å². The van der Waals surface area contributed by atoms with E-state index in [0.717, 1.165) is 17.8 Å². The van der Waals surface area contributed by atoms with Gasteiger partial charge in [0.05, 0.1) is 17.5 Å². The van der Waals surface area contributed by atoms with Crippen molar-refractivity contribution < 1.29 is 18.9 Å². The van der Waals surface area contributed by atoms with Gasteiger partial charge in [0.15, 0.2) is 5.78 Å². The molecule has 0 saturated carbocycles. The molecule has 0 aliphatic carbocycles. The number of halogens is 1. The maximum Gasteiger partial charge on any atom is 0.295 e. The molecule has 9 heteroatoms. The van der Waals surface area contributed by atoms with E-state index in [1.54, 1.807) is 12.1 Å². The van der Waals surface area contributed by atoms with Crippen molar-refractivity contribution in [3.8, 4) is 0 Å². The number of nitrogens with zero attached hydrogens (tertiary/aromatic N) is 3. The molecule has 1 aliphatic rings. The van der Waals surface area contributed by atoms with Gasteiger partial charge in [-0.05, 0) is 43.3 Å². The van der Waals surface area contributed by atoms with Gasteiger partial charge in [0, 0.05) is 37.4 Å². The van der Waals surface area contributed by atoms with Crippen LogP contribution < -0.4 is 10.2 Å². The molecule has 1 fully saturated rings. The number of nitrogens with one attached hydrogen (secondary N) is 1. The van der Waals surface area contributed by atoms with Gasteiger partial charge in [0.1, 0.15) is 11.5 Å². The zero-order valence-electron chi connectivity index (χ0n) is 15.9. The first kappa shape index (κ1) is 20.4. The fourth-order valence-corrected chi connectivity index (χ4v) is 3.23. The number of nitro groups is 1. The third-order valence-electron chi connectivity index (χ3n) is 4.81. The van der Waals surface area contributed by atoms with E-state index in [1.165, 1.54) is 13.0 Å². The molecule has 0 atom stereocenters. The van der Waals surface area contributed by atoms with E-state index >= 15 is 0 Å². The van der Waals surface area contributed by atoms with Crippen LogP contribution in [0.25, 0.3) is 0 Å². The molecule has 3 rings (SSSR count). The number of benzene rings is 2. The molecular weight excluding hydrogens is 379 g/mol. The van der Waals surface area contributed by atoms with Crippen LogP contribution in [0.2, 0.25) is 0 Å². The van der Waals surface area contributed by atoms with Crippen LogP contribution in [0.4, 0.5) is 21.5 Å². The fraction of sp³-hybridized carbons (Fsp3) is 0.300. The van der Waals surface area contributed by atoms with Crippen molar-refractivity contribution in [1.82, 2.24) is 4.90 Å². The molecule has 2 aromatic carbocycles. The molecule has 1 aliphatic heterocycles. The van der Waals surface area contributed by atoms with Crippen molar-refractivity contribution in [2.75, 3.05) is 42.9 Å². The molecular formula is C20H21FN4O4. The number of hydrogen-bond acceptors (Lipinski definition) is 6. The first-order chi connectivity index (χ1) is 13.8. The van der Waals surface area contributed by atoms with Crippen LogP contribution in [0, 0.1) is 15.9 Å². The van der Waals surface area contributed by atoms with Crippen molar-refractivity contribution in [3.05, 3.63) is 64.0 Å².